The number of hydrogen-bond acceptors (Lipinski definition) is 5. The van der Waals surface area contributed by atoms with E-state index in [0.717, 1.165) is 5.56 Å². The van der Waals surface area contributed by atoms with Crippen molar-refractivity contribution in [2.45, 2.75) is 18.8 Å². The molecular weight excluding hydrogens is 401 g/mol. The number of halogens is 1. The van der Waals surface area contributed by atoms with Crippen LogP contribution >= 0.6 is 0 Å². The first kappa shape index (κ1) is 20.3. The molecule has 2 aromatic carbocycles. The second-order valence-corrected chi connectivity index (χ2v) is 7.14. The number of fused-ring (bicyclic) bond motifs is 1. The Bertz CT molecular complexity index is 1160. The van der Waals surface area contributed by atoms with Gasteiger partial charge in [0.15, 0.2) is 0 Å². The summed E-state index contributed by atoms with van der Waals surface area (Å²) >= 11 is 0. The van der Waals surface area contributed by atoms with Gasteiger partial charge in [0.25, 0.3) is 5.56 Å². The van der Waals surface area contributed by atoms with E-state index in [9.17, 15) is 18.8 Å². The molecule has 2 amide bonds. The van der Waals surface area contributed by atoms with Crippen LogP contribution in [0.5, 0.6) is 0 Å². The number of carbonyl (C=O) groups is 2. The SMILES string of the molecule is O=C1CC(C(=O)NCCc2ccccc2)c2c(nc(Nc3ccc(F)cc3)[nH]c2=O)N1. The molecule has 2 heterocycles. The minimum atomic E-state index is -0.935. The monoisotopic (exact) mass is 421 g/mol. The molecule has 3 aromatic rings. The molecule has 0 saturated carbocycles. The van der Waals surface area contributed by atoms with Gasteiger partial charge in [-0.2, -0.15) is 4.98 Å². The first-order valence-corrected chi connectivity index (χ1v) is 9.78. The minimum absolute atomic E-state index is 0.0350. The molecule has 0 aliphatic carbocycles. The standard InChI is InChI=1S/C22H20FN5O3/c23-14-6-8-15(9-7-14)25-22-27-19-18(21(31)28-22)16(12-17(29)26-19)20(30)24-11-10-13-4-2-1-3-5-13/h1-9,16H,10-12H2,(H,24,30)(H3,25,26,27,28,29,31). The van der Waals surface area contributed by atoms with Crippen LogP contribution in [0.25, 0.3) is 0 Å². The zero-order valence-corrected chi connectivity index (χ0v) is 16.4. The topological polar surface area (TPSA) is 116 Å². The second kappa shape index (κ2) is 8.78. The Balaban J connectivity index is 1.51. The molecule has 0 spiro atoms. The van der Waals surface area contributed by atoms with Gasteiger partial charge in [-0.25, -0.2) is 4.39 Å². The van der Waals surface area contributed by atoms with Crippen LogP contribution in [0.4, 0.5) is 21.8 Å². The molecule has 1 aliphatic rings. The third-order valence-corrected chi connectivity index (χ3v) is 4.93. The Morgan fingerprint density at radius 2 is 1.84 bits per heavy atom. The van der Waals surface area contributed by atoms with Crippen LogP contribution in [0.3, 0.4) is 0 Å². The molecule has 1 unspecified atom stereocenters. The summed E-state index contributed by atoms with van der Waals surface area (Å²) in [6.07, 6.45) is 0.493. The molecule has 0 fully saturated rings. The fourth-order valence-electron chi connectivity index (χ4n) is 3.42. The van der Waals surface area contributed by atoms with Crippen molar-refractivity contribution in [2.75, 3.05) is 17.2 Å². The Kier molecular flexibility index (Phi) is 5.74. The van der Waals surface area contributed by atoms with Gasteiger partial charge in [-0.05, 0) is 36.2 Å². The van der Waals surface area contributed by atoms with Crippen LogP contribution in [0.2, 0.25) is 0 Å². The van der Waals surface area contributed by atoms with Gasteiger partial charge in [0.2, 0.25) is 17.8 Å². The Hall–Kier alpha value is -4.01. The van der Waals surface area contributed by atoms with Crippen molar-refractivity contribution in [3.05, 3.63) is 81.9 Å². The first-order chi connectivity index (χ1) is 15.0. The summed E-state index contributed by atoms with van der Waals surface area (Å²) in [7, 11) is 0. The maximum Gasteiger partial charge on any atom is 0.258 e. The van der Waals surface area contributed by atoms with Crippen molar-refractivity contribution < 1.29 is 14.0 Å². The van der Waals surface area contributed by atoms with Crippen LogP contribution in [0.15, 0.2) is 59.4 Å². The number of aromatic nitrogens is 2. The van der Waals surface area contributed by atoms with Gasteiger partial charge in [0.05, 0.1) is 11.5 Å². The minimum Gasteiger partial charge on any atom is -0.355 e. The molecule has 8 nitrogen and oxygen atoms in total. The summed E-state index contributed by atoms with van der Waals surface area (Å²) in [5.41, 5.74) is 1.15. The fraction of sp³-hybridized carbons (Fsp3) is 0.182. The molecule has 158 valence electrons. The number of anilines is 3. The zero-order chi connectivity index (χ0) is 21.8. The lowest BCUT2D eigenvalue weighted by Gasteiger charge is -2.23. The number of carbonyl (C=O) groups excluding carboxylic acids is 2. The Morgan fingerprint density at radius 1 is 1.10 bits per heavy atom. The van der Waals surface area contributed by atoms with Gasteiger partial charge < -0.3 is 16.0 Å². The van der Waals surface area contributed by atoms with E-state index in [4.69, 9.17) is 0 Å². The van der Waals surface area contributed by atoms with Crippen molar-refractivity contribution in [1.82, 2.24) is 15.3 Å². The molecule has 4 rings (SSSR count). The maximum atomic E-state index is 13.1. The number of amides is 2. The molecule has 4 N–H and O–H groups in total. The molecule has 0 radical (unpaired) electrons. The molecule has 31 heavy (non-hydrogen) atoms. The van der Waals surface area contributed by atoms with E-state index in [2.05, 4.69) is 25.9 Å². The third kappa shape index (κ3) is 4.77. The smallest absolute Gasteiger partial charge is 0.258 e. The summed E-state index contributed by atoms with van der Waals surface area (Å²) in [5, 5.41) is 8.20. The summed E-state index contributed by atoms with van der Waals surface area (Å²) in [6, 6.07) is 15.2. The Labute approximate surface area is 176 Å². The largest absolute Gasteiger partial charge is 0.355 e. The molecule has 1 atom stereocenters. The fourth-order valence-corrected chi connectivity index (χ4v) is 3.42. The summed E-state index contributed by atoms with van der Waals surface area (Å²) in [6.45, 7) is 0.381. The highest BCUT2D eigenvalue weighted by molar-refractivity contribution is 6.00. The number of hydrogen-bond donors (Lipinski definition) is 4. The Morgan fingerprint density at radius 3 is 2.58 bits per heavy atom. The third-order valence-electron chi connectivity index (χ3n) is 4.93. The van der Waals surface area contributed by atoms with Gasteiger partial charge in [-0.3, -0.25) is 19.4 Å². The normalized spacial score (nSPS) is 15.0. The van der Waals surface area contributed by atoms with E-state index in [1.54, 1.807) is 0 Å². The highest BCUT2D eigenvalue weighted by Gasteiger charge is 2.34. The summed E-state index contributed by atoms with van der Waals surface area (Å²) in [5.74, 6) is -2.03. The molecule has 1 aromatic heterocycles. The lowest BCUT2D eigenvalue weighted by atomic mass is 9.92. The average molecular weight is 421 g/mol. The molecular formula is C22H20FN5O3. The number of H-pyrrole nitrogens is 1. The van der Waals surface area contributed by atoms with E-state index < -0.39 is 29.1 Å². The van der Waals surface area contributed by atoms with E-state index in [1.807, 2.05) is 30.3 Å². The van der Waals surface area contributed by atoms with Crippen molar-refractivity contribution in [3.8, 4) is 0 Å². The predicted molar refractivity (Wildman–Crippen MR) is 114 cm³/mol. The summed E-state index contributed by atoms with van der Waals surface area (Å²) < 4.78 is 13.1. The van der Waals surface area contributed by atoms with Crippen LogP contribution in [-0.4, -0.2) is 28.3 Å². The van der Waals surface area contributed by atoms with Crippen LogP contribution in [0, 0.1) is 5.82 Å². The van der Waals surface area contributed by atoms with Crippen molar-refractivity contribution in [3.63, 3.8) is 0 Å². The van der Waals surface area contributed by atoms with E-state index in [1.165, 1.54) is 24.3 Å². The molecule has 9 heteroatoms. The second-order valence-electron chi connectivity index (χ2n) is 7.14. The van der Waals surface area contributed by atoms with Gasteiger partial charge in [0.1, 0.15) is 11.6 Å². The van der Waals surface area contributed by atoms with Gasteiger partial charge >= 0.3 is 0 Å². The predicted octanol–water partition coefficient (Wildman–Crippen LogP) is 2.44. The van der Waals surface area contributed by atoms with Crippen molar-refractivity contribution in [2.24, 2.45) is 0 Å². The van der Waals surface area contributed by atoms with Crippen LogP contribution < -0.4 is 21.5 Å². The van der Waals surface area contributed by atoms with Gasteiger partial charge in [-0.1, -0.05) is 30.3 Å². The molecule has 1 aliphatic heterocycles. The van der Waals surface area contributed by atoms with Crippen LogP contribution in [-0.2, 0) is 16.0 Å². The van der Waals surface area contributed by atoms with Gasteiger partial charge in [-0.15, -0.1) is 0 Å². The highest BCUT2D eigenvalue weighted by Crippen LogP contribution is 2.29. The average Bonchev–Trinajstić information content (AvgIpc) is 2.75. The first-order valence-electron chi connectivity index (χ1n) is 9.78. The maximum absolute atomic E-state index is 13.1. The number of aromatic amines is 1. The van der Waals surface area contributed by atoms with E-state index >= 15 is 0 Å². The molecule has 0 bridgehead atoms. The number of nitrogens with one attached hydrogen (secondary N) is 4. The quantitative estimate of drug-likeness (QED) is 0.488. The lowest BCUT2D eigenvalue weighted by Crippen LogP contribution is -2.39. The van der Waals surface area contributed by atoms with Crippen molar-refractivity contribution in [1.29, 1.82) is 0 Å². The van der Waals surface area contributed by atoms with E-state index in [-0.39, 0.29) is 23.8 Å². The molecule has 0 saturated heterocycles. The number of benzene rings is 2. The highest BCUT2D eigenvalue weighted by atomic mass is 19.1. The van der Waals surface area contributed by atoms with Crippen LogP contribution in [0.1, 0.15) is 23.5 Å². The van der Waals surface area contributed by atoms with E-state index in [0.29, 0.717) is 18.7 Å². The van der Waals surface area contributed by atoms with Crippen molar-refractivity contribution >= 4 is 29.3 Å². The lowest BCUT2D eigenvalue weighted by molar-refractivity contribution is -0.126. The van der Waals surface area contributed by atoms with Gasteiger partial charge in [0, 0.05) is 18.7 Å². The zero-order valence-electron chi connectivity index (χ0n) is 16.4. The summed E-state index contributed by atoms with van der Waals surface area (Å²) in [4.78, 5) is 44.4. The number of rotatable bonds is 6. The number of nitrogens with zero attached hydrogens (tertiary/aromatic N) is 1.